The van der Waals surface area contributed by atoms with Crippen LogP contribution in [0.25, 0.3) is 6.08 Å². The molecule has 10 nitrogen and oxygen atoms in total. The van der Waals surface area contributed by atoms with Gasteiger partial charge in [0.1, 0.15) is 10.7 Å². The molecular formula is C27H26N2O8S. The summed E-state index contributed by atoms with van der Waals surface area (Å²) in [6.07, 6.45) is 1.23. The number of carbonyl (C=O) groups is 1. The lowest BCUT2D eigenvalue weighted by molar-refractivity contribution is -0.384. The van der Waals surface area contributed by atoms with E-state index in [1.165, 1.54) is 63.8 Å². The Labute approximate surface area is 220 Å². The van der Waals surface area contributed by atoms with Gasteiger partial charge in [-0.25, -0.2) is 8.42 Å². The first-order valence-corrected chi connectivity index (χ1v) is 13.0. The van der Waals surface area contributed by atoms with E-state index in [4.69, 9.17) is 14.2 Å². The van der Waals surface area contributed by atoms with Gasteiger partial charge in [-0.05, 0) is 54.8 Å². The molecule has 1 amide bonds. The Bertz CT molecular complexity index is 1560. The number of anilines is 1. The second-order valence-electron chi connectivity index (χ2n) is 8.73. The number of nitro groups is 1. The summed E-state index contributed by atoms with van der Waals surface area (Å²) in [4.78, 5) is 25.4. The molecular weight excluding hydrogens is 512 g/mol. The molecule has 198 valence electrons. The van der Waals surface area contributed by atoms with Crippen molar-refractivity contribution in [3.63, 3.8) is 0 Å². The number of hydrogen-bond donors (Lipinski definition) is 0. The minimum absolute atomic E-state index is 0.0920. The van der Waals surface area contributed by atoms with E-state index in [1.807, 2.05) is 19.9 Å². The molecule has 0 saturated carbocycles. The average molecular weight is 539 g/mol. The highest BCUT2D eigenvalue weighted by Crippen LogP contribution is 2.45. The molecule has 1 aliphatic heterocycles. The van der Waals surface area contributed by atoms with Gasteiger partial charge in [-0.15, -0.1) is 0 Å². The maximum absolute atomic E-state index is 14.0. The summed E-state index contributed by atoms with van der Waals surface area (Å²) < 4.78 is 44.1. The Kier molecular flexibility index (Phi) is 7.14. The Hall–Kier alpha value is -4.38. The smallest absolute Gasteiger partial charge is 0.271 e. The Morgan fingerprint density at radius 3 is 2.08 bits per heavy atom. The highest BCUT2D eigenvalue weighted by Gasteiger charge is 2.50. The predicted octanol–water partition coefficient (Wildman–Crippen LogP) is 4.74. The summed E-state index contributed by atoms with van der Waals surface area (Å²) in [7, 11) is -0.0825. The third-order valence-electron chi connectivity index (χ3n) is 6.14. The molecule has 1 unspecified atom stereocenters. The largest absolute Gasteiger partial charge is 0.496 e. The van der Waals surface area contributed by atoms with Crippen molar-refractivity contribution in [2.75, 3.05) is 26.2 Å². The first-order chi connectivity index (χ1) is 18.0. The molecule has 4 rings (SSSR count). The summed E-state index contributed by atoms with van der Waals surface area (Å²) in [5, 5.41) is 9.93. The quantitative estimate of drug-likeness (QED) is 0.240. The van der Waals surface area contributed by atoms with Crippen LogP contribution in [-0.2, 0) is 14.6 Å². The summed E-state index contributed by atoms with van der Waals surface area (Å²) in [6, 6.07) is 13.6. The topological polar surface area (TPSA) is 125 Å². The van der Waals surface area contributed by atoms with Gasteiger partial charge in [-0.2, -0.15) is 0 Å². The second-order valence-corrected chi connectivity index (χ2v) is 10.7. The number of aryl methyl sites for hydroxylation is 2. The zero-order valence-electron chi connectivity index (χ0n) is 21.4. The number of carbonyl (C=O) groups excluding carboxylic acids is 1. The molecule has 0 bridgehead atoms. The number of amides is 1. The van der Waals surface area contributed by atoms with Gasteiger partial charge < -0.3 is 14.2 Å². The van der Waals surface area contributed by atoms with Crippen molar-refractivity contribution in [1.82, 2.24) is 0 Å². The highest BCUT2D eigenvalue weighted by molar-refractivity contribution is 7.97. The van der Waals surface area contributed by atoms with Gasteiger partial charge in [0, 0.05) is 29.4 Å². The molecule has 1 fully saturated rings. The van der Waals surface area contributed by atoms with E-state index in [0.717, 1.165) is 16.0 Å². The molecule has 1 aliphatic rings. The molecule has 0 aromatic heterocycles. The van der Waals surface area contributed by atoms with E-state index in [2.05, 4.69) is 0 Å². The van der Waals surface area contributed by atoms with Crippen molar-refractivity contribution in [2.45, 2.75) is 19.2 Å². The molecule has 0 radical (unpaired) electrons. The van der Waals surface area contributed by atoms with Crippen LogP contribution in [0.15, 0.2) is 59.5 Å². The number of hydrogen-bond acceptors (Lipinski definition) is 8. The van der Waals surface area contributed by atoms with Crippen LogP contribution in [0.2, 0.25) is 0 Å². The average Bonchev–Trinajstić information content (AvgIpc) is 3.08. The van der Waals surface area contributed by atoms with Gasteiger partial charge in [0.15, 0.2) is 16.9 Å². The van der Waals surface area contributed by atoms with Gasteiger partial charge in [-0.3, -0.25) is 19.8 Å². The number of benzene rings is 3. The lowest BCUT2D eigenvalue weighted by Gasteiger charge is -2.24. The predicted molar refractivity (Wildman–Crippen MR) is 142 cm³/mol. The van der Waals surface area contributed by atoms with E-state index in [-0.39, 0.29) is 22.6 Å². The van der Waals surface area contributed by atoms with Crippen molar-refractivity contribution in [3.05, 3.63) is 91.9 Å². The van der Waals surface area contributed by atoms with Crippen molar-refractivity contribution < 1.29 is 32.3 Å². The molecule has 0 spiro atoms. The first-order valence-electron chi connectivity index (χ1n) is 11.4. The fourth-order valence-corrected chi connectivity index (χ4v) is 6.39. The molecule has 11 heteroatoms. The Balaban J connectivity index is 1.99. The molecule has 3 aromatic carbocycles. The molecule has 0 N–H and O–H groups in total. The number of rotatable bonds is 7. The van der Waals surface area contributed by atoms with E-state index in [9.17, 15) is 23.3 Å². The minimum atomic E-state index is -4.37. The van der Waals surface area contributed by atoms with Crippen LogP contribution in [0.1, 0.15) is 27.6 Å². The van der Waals surface area contributed by atoms with Gasteiger partial charge in [0.2, 0.25) is 9.84 Å². The van der Waals surface area contributed by atoms with Crippen LogP contribution in [0.4, 0.5) is 11.4 Å². The lowest BCUT2D eigenvalue weighted by atomic mass is 10.1. The molecule has 1 saturated heterocycles. The van der Waals surface area contributed by atoms with E-state index in [1.54, 1.807) is 12.1 Å². The van der Waals surface area contributed by atoms with Crippen LogP contribution in [0.5, 0.6) is 17.2 Å². The van der Waals surface area contributed by atoms with Gasteiger partial charge in [-0.1, -0.05) is 18.2 Å². The Morgan fingerprint density at radius 2 is 1.50 bits per heavy atom. The molecule has 3 aromatic rings. The van der Waals surface area contributed by atoms with E-state index in [0.29, 0.717) is 17.2 Å². The highest BCUT2D eigenvalue weighted by atomic mass is 32.2. The lowest BCUT2D eigenvalue weighted by Crippen LogP contribution is -2.29. The van der Waals surface area contributed by atoms with Crippen LogP contribution < -0.4 is 19.1 Å². The number of nitro benzene ring substituents is 1. The van der Waals surface area contributed by atoms with Gasteiger partial charge in [0.25, 0.3) is 11.6 Å². The fourth-order valence-electron chi connectivity index (χ4n) is 4.52. The molecule has 1 heterocycles. The number of ether oxygens (including phenoxy) is 3. The van der Waals surface area contributed by atoms with Crippen LogP contribution in [0, 0.1) is 24.0 Å². The molecule has 38 heavy (non-hydrogen) atoms. The molecule has 1 atom stereocenters. The van der Waals surface area contributed by atoms with E-state index < -0.39 is 30.9 Å². The van der Waals surface area contributed by atoms with Gasteiger partial charge >= 0.3 is 0 Å². The fraction of sp³-hybridized carbons (Fsp3) is 0.222. The summed E-state index contributed by atoms with van der Waals surface area (Å²) in [6.45, 7) is 3.67. The summed E-state index contributed by atoms with van der Waals surface area (Å²) in [5.41, 5.74) is 2.08. The zero-order valence-corrected chi connectivity index (χ0v) is 22.2. The maximum atomic E-state index is 14.0. The third-order valence-corrected chi connectivity index (χ3v) is 8.11. The number of non-ortho nitro benzene ring substituents is 1. The van der Waals surface area contributed by atoms with E-state index >= 15 is 0 Å². The monoisotopic (exact) mass is 538 g/mol. The standard InChI is InChI=1S/C27H26N2O8S/c1-16-9-17(2)11-21(10-16)28-26(30)25(14-19-13-23(36-4)24(37-5)15-22(19)35-3)38(33,34)27(28)18-7-6-8-20(12-18)29(31)32/h6-15,27H,1-5H3/b25-14-. The Morgan fingerprint density at radius 1 is 0.895 bits per heavy atom. The normalized spacial score (nSPS) is 17.5. The van der Waals surface area contributed by atoms with Crippen molar-refractivity contribution in [2.24, 2.45) is 0 Å². The van der Waals surface area contributed by atoms with Crippen LogP contribution >= 0.6 is 0 Å². The van der Waals surface area contributed by atoms with Crippen LogP contribution in [-0.4, -0.2) is 40.6 Å². The summed E-state index contributed by atoms with van der Waals surface area (Å²) >= 11 is 0. The van der Waals surface area contributed by atoms with Crippen molar-refractivity contribution >= 4 is 33.2 Å². The van der Waals surface area contributed by atoms with Gasteiger partial charge in [0.05, 0.1) is 26.3 Å². The minimum Gasteiger partial charge on any atom is -0.496 e. The van der Waals surface area contributed by atoms with Crippen molar-refractivity contribution in [1.29, 1.82) is 0 Å². The summed E-state index contributed by atoms with van der Waals surface area (Å²) in [5.74, 6) is 0.154. The number of sulfone groups is 1. The zero-order chi connectivity index (χ0) is 27.8. The third kappa shape index (κ3) is 4.68. The van der Waals surface area contributed by atoms with Crippen molar-refractivity contribution in [3.8, 4) is 17.2 Å². The molecule has 0 aliphatic carbocycles. The van der Waals surface area contributed by atoms with Crippen LogP contribution in [0.3, 0.4) is 0 Å². The number of methoxy groups -OCH3 is 3. The second kappa shape index (κ2) is 10.2. The number of nitrogens with zero attached hydrogens (tertiary/aromatic N) is 2. The SMILES string of the molecule is COc1cc(OC)c(OC)cc1/C=C1/C(=O)N(c2cc(C)cc(C)c2)C(c2cccc([N+](=O)[O-])c2)S1(=O)=O. The first kappa shape index (κ1) is 26.7. The maximum Gasteiger partial charge on any atom is 0.271 e.